The van der Waals surface area contributed by atoms with Gasteiger partial charge in [0, 0.05) is 4.47 Å². The molecule has 1 atom stereocenters. The number of nitrogen functional groups attached to an aromatic ring is 1. The Labute approximate surface area is 105 Å². The van der Waals surface area contributed by atoms with Crippen LogP contribution in [0.15, 0.2) is 22.7 Å². The first kappa shape index (κ1) is 13.0. The molecule has 0 saturated heterocycles. The molecule has 0 saturated carbocycles. The van der Waals surface area contributed by atoms with Crippen LogP contribution in [0.5, 0.6) is 5.75 Å². The fraction of sp³-hybridized carbons (Fsp3) is 0.417. The monoisotopic (exact) mass is 284 g/mol. The smallest absolute Gasteiger partial charge is 0.131 e. The van der Waals surface area contributed by atoms with Crippen molar-refractivity contribution < 1.29 is 4.74 Å². The van der Waals surface area contributed by atoms with Crippen LogP contribution in [0.25, 0.3) is 0 Å². The summed E-state index contributed by atoms with van der Waals surface area (Å²) in [6.45, 7) is 6.20. The molecule has 3 nitrogen and oxygen atoms in total. The Balaban J connectivity index is 3.04. The number of hydrogen-bond acceptors (Lipinski definition) is 2. The molecule has 1 aromatic carbocycles. The molecule has 0 aliphatic heterocycles. The Morgan fingerprint density at radius 3 is 2.50 bits per heavy atom. The maximum Gasteiger partial charge on any atom is 0.131 e. The molecule has 0 aliphatic carbocycles. The molecule has 1 aromatic rings. The molecule has 4 heteroatoms. The van der Waals surface area contributed by atoms with Gasteiger partial charge in [-0.3, -0.25) is 5.41 Å². The molecular formula is C12H17BrN2O. The number of ether oxygens (including phenoxy) is 1. The Bertz CT molecular complexity index is 391. The highest BCUT2D eigenvalue weighted by Crippen LogP contribution is 2.27. The van der Waals surface area contributed by atoms with Gasteiger partial charge in [-0.2, -0.15) is 0 Å². The summed E-state index contributed by atoms with van der Waals surface area (Å²) in [6.07, 6.45) is 0.0902. The summed E-state index contributed by atoms with van der Waals surface area (Å²) < 4.78 is 6.58. The number of benzene rings is 1. The molecular weight excluding hydrogens is 268 g/mol. The van der Waals surface area contributed by atoms with Crippen LogP contribution in [0.2, 0.25) is 0 Å². The first-order valence-corrected chi connectivity index (χ1v) is 6.02. The lowest BCUT2D eigenvalue weighted by Crippen LogP contribution is -2.21. The largest absolute Gasteiger partial charge is 0.490 e. The molecule has 0 aliphatic rings. The maximum absolute atomic E-state index is 7.54. The minimum Gasteiger partial charge on any atom is -0.490 e. The van der Waals surface area contributed by atoms with E-state index in [1.807, 2.05) is 25.1 Å². The van der Waals surface area contributed by atoms with Gasteiger partial charge < -0.3 is 10.5 Å². The summed E-state index contributed by atoms with van der Waals surface area (Å²) in [5.74, 6) is 1.08. The van der Waals surface area contributed by atoms with Gasteiger partial charge in [0.05, 0.1) is 11.7 Å². The van der Waals surface area contributed by atoms with Gasteiger partial charge in [0.2, 0.25) is 0 Å². The van der Waals surface area contributed by atoms with Crippen LogP contribution in [0, 0.1) is 11.3 Å². The van der Waals surface area contributed by atoms with Gasteiger partial charge in [-0.1, -0.05) is 19.9 Å². The minimum absolute atomic E-state index is 0.0124. The van der Waals surface area contributed by atoms with Crippen molar-refractivity contribution in [3.63, 3.8) is 0 Å². The third kappa shape index (κ3) is 2.98. The minimum atomic E-state index is 0.0124. The number of nitrogens with one attached hydrogen (secondary N) is 1. The highest BCUT2D eigenvalue weighted by atomic mass is 79.9. The highest BCUT2D eigenvalue weighted by Gasteiger charge is 2.15. The Morgan fingerprint density at radius 1 is 1.38 bits per heavy atom. The molecule has 0 spiro atoms. The molecule has 0 bridgehead atoms. The highest BCUT2D eigenvalue weighted by molar-refractivity contribution is 9.10. The summed E-state index contributed by atoms with van der Waals surface area (Å²) in [5.41, 5.74) is 6.16. The molecule has 0 heterocycles. The third-order valence-corrected chi connectivity index (χ3v) is 3.16. The van der Waals surface area contributed by atoms with Crippen LogP contribution < -0.4 is 10.5 Å². The standard InChI is InChI=1S/C12H17BrN2O/c1-7(2)8(3)16-10-6-4-5-9(13)11(10)12(14)15/h4-8H,1-3H3,(H3,14,15). The van der Waals surface area contributed by atoms with Crippen molar-refractivity contribution >= 4 is 21.8 Å². The van der Waals surface area contributed by atoms with Crippen LogP contribution in [0.4, 0.5) is 0 Å². The zero-order valence-corrected chi connectivity index (χ0v) is 11.3. The van der Waals surface area contributed by atoms with E-state index >= 15 is 0 Å². The molecule has 0 fully saturated rings. The second-order valence-corrected chi connectivity index (χ2v) is 4.95. The predicted molar refractivity (Wildman–Crippen MR) is 70.1 cm³/mol. The summed E-state index contributed by atoms with van der Waals surface area (Å²) in [4.78, 5) is 0. The van der Waals surface area contributed by atoms with Crippen molar-refractivity contribution in [2.24, 2.45) is 11.7 Å². The average Bonchev–Trinajstić information content (AvgIpc) is 2.16. The first-order valence-electron chi connectivity index (χ1n) is 5.23. The predicted octanol–water partition coefficient (Wildman–Crippen LogP) is 3.16. The van der Waals surface area contributed by atoms with Crippen molar-refractivity contribution in [3.8, 4) is 5.75 Å². The van der Waals surface area contributed by atoms with E-state index in [-0.39, 0.29) is 11.9 Å². The van der Waals surface area contributed by atoms with Gasteiger partial charge in [-0.05, 0) is 40.9 Å². The molecule has 88 valence electrons. The summed E-state index contributed by atoms with van der Waals surface area (Å²) in [7, 11) is 0. The number of nitrogens with two attached hydrogens (primary N) is 1. The lowest BCUT2D eigenvalue weighted by atomic mass is 10.1. The average molecular weight is 285 g/mol. The SMILES string of the molecule is CC(C)C(C)Oc1cccc(Br)c1C(=N)N. The Hall–Kier alpha value is -1.03. The second-order valence-electron chi connectivity index (χ2n) is 4.09. The van der Waals surface area contributed by atoms with E-state index in [1.165, 1.54) is 0 Å². The number of rotatable bonds is 4. The summed E-state index contributed by atoms with van der Waals surface area (Å²) in [6, 6.07) is 5.56. The normalized spacial score (nSPS) is 12.6. The van der Waals surface area contributed by atoms with Crippen molar-refractivity contribution in [3.05, 3.63) is 28.2 Å². The van der Waals surface area contributed by atoms with E-state index in [2.05, 4.69) is 29.8 Å². The second kappa shape index (κ2) is 5.34. The van der Waals surface area contributed by atoms with Crippen molar-refractivity contribution in [1.29, 1.82) is 5.41 Å². The van der Waals surface area contributed by atoms with Crippen LogP contribution in [0.3, 0.4) is 0 Å². The molecule has 3 N–H and O–H groups in total. The molecule has 16 heavy (non-hydrogen) atoms. The zero-order valence-electron chi connectivity index (χ0n) is 9.75. The van der Waals surface area contributed by atoms with E-state index in [0.717, 1.165) is 4.47 Å². The number of amidine groups is 1. The topological polar surface area (TPSA) is 59.1 Å². The zero-order chi connectivity index (χ0) is 12.3. The van der Waals surface area contributed by atoms with E-state index in [1.54, 1.807) is 0 Å². The van der Waals surface area contributed by atoms with E-state index in [4.69, 9.17) is 15.9 Å². The fourth-order valence-electron chi connectivity index (χ4n) is 1.20. The Kier molecular flexibility index (Phi) is 4.35. The van der Waals surface area contributed by atoms with E-state index in [0.29, 0.717) is 17.2 Å². The molecule has 0 amide bonds. The molecule has 0 radical (unpaired) electrons. The van der Waals surface area contributed by atoms with Gasteiger partial charge in [-0.15, -0.1) is 0 Å². The molecule has 1 unspecified atom stereocenters. The quantitative estimate of drug-likeness (QED) is 0.659. The van der Waals surface area contributed by atoms with Crippen LogP contribution in [-0.4, -0.2) is 11.9 Å². The fourth-order valence-corrected chi connectivity index (χ4v) is 1.76. The van der Waals surface area contributed by atoms with Gasteiger partial charge in [-0.25, -0.2) is 0 Å². The Morgan fingerprint density at radius 2 is 2.00 bits per heavy atom. The van der Waals surface area contributed by atoms with Crippen molar-refractivity contribution in [2.75, 3.05) is 0 Å². The summed E-state index contributed by atoms with van der Waals surface area (Å²) >= 11 is 3.37. The van der Waals surface area contributed by atoms with Crippen molar-refractivity contribution in [1.82, 2.24) is 0 Å². The molecule has 0 aromatic heterocycles. The summed E-state index contributed by atoms with van der Waals surface area (Å²) in [5, 5.41) is 7.54. The van der Waals surface area contributed by atoms with Crippen LogP contribution >= 0.6 is 15.9 Å². The lowest BCUT2D eigenvalue weighted by molar-refractivity contribution is 0.170. The third-order valence-electron chi connectivity index (χ3n) is 2.50. The number of hydrogen-bond donors (Lipinski definition) is 2. The van der Waals surface area contributed by atoms with Gasteiger partial charge in [0.25, 0.3) is 0 Å². The number of halogens is 1. The van der Waals surface area contributed by atoms with E-state index < -0.39 is 0 Å². The van der Waals surface area contributed by atoms with Gasteiger partial charge in [0.1, 0.15) is 11.6 Å². The lowest BCUT2D eigenvalue weighted by Gasteiger charge is -2.20. The van der Waals surface area contributed by atoms with Crippen molar-refractivity contribution in [2.45, 2.75) is 26.9 Å². The first-order chi connectivity index (χ1) is 7.43. The van der Waals surface area contributed by atoms with Crippen LogP contribution in [0.1, 0.15) is 26.3 Å². The van der Waals surface area contributed by atoms with Gasteiger partial charge in [0.15, 0.2) is 0 Å². The molecule has 1 rings (SSSR count). The maximum atomic E-state index is 7.54. The van der Waals surface area contributed by atoms with Crippen LogP contribution in [-0.2, 0) is 0 Å². The van der Waals surface area contributed by atoms with E-state index in [9.17, 15) is 0 Å². The van der Waals surface area contributed by atoms with Gasteiger partial charge >= 0.3 is 0 Å².